The third kappa shape index (κ3) is 4.10. The molecular formula is C18H18ClN3OS. The number of halogens is 1. The summed E-state index contributed by atoms with van der Waals surface area (Å²) < 4.78 is 7.89. The van der Waals surface area contributed by atoms with Crippen molar-refractivity contribution < 1.29 is 4.74 Å². The van der Waals surface area contributed by atoms with Crippen LogP contribution in [0.25, 0.3) is 5.69 Å². The molecule has 0 atom stereocenters. The predicted octanol–water partition coefficient (Wildman–Crippen LogP) is 5.00. The Balaban J connectivity index is 1.84. The van der Waals surface area contributed by atoms with E-state index in [1.807, 2.05) is 42.5 Å². The maximum atomic E-state index is 5.90. The molecule has 0 bridgehead atoms. The number of hydrogen-bond donors (Lipinski definition) is 0. The minimum atomic E-state index is 0.343. The molecule has 0 radical (unpaired) electrons. The monoisotopic (exact) mass is 359 g/mol. The highest BCUT2D eigenvalue weighted by Crippen LogP contribution is 2.23. The molecule has 6 heteroatoms. The maximum absolute atomic E-state index is 5.90. The largest absolute Gasteiger partial charge is 0.486 e. The molecule has 3 aromatic rings. The van der Waals surface area contributed by atoms with Crippen molar-refractivity contribution in [1.29, 1.82) is 0 Å². The highest BCUT2D eigenvalue weighted by molar-refractivity contribution is 7.99. The van der Waals surface area contributed by atoms with Gasteiger partial charge in [-0.15, -0.1) is 10.2 Å². The number of rotatable bonds is 7. The molecule has 0 saturated carbocycles. The van der Waals surface area contributed by atoms with Crippen LogP contribution in [0.4, 0.5) is 0 Å². The van der Waals surface area contributed by atoms with Gasteiger partial charge in [0.1, 0.15) is 12.4 Å². The molecule has 0 spiro atoms. The zero-order valence-electron chi connectivity index (χ0n) is 13.4. The molecule has 1 aromatic heterocycles. The molecule has 4 nitrogen and oxygen atoms in total. The van der Waals surface area contributed by atoms with Gasteiger partial charge >= 0.3 is 0 Å². The van der Waals surface area contributed by atoms with Gasteiger partial charge in [0.15, 0.2) is 11.0 Å². The smallest absolute Gasteiger partial charge is 0.195 e. The minimum Gasteiger partial charge on any atom is -0.486 e. The minimum absolute atomic E-state index is 0.343. The molecule has 0 fully saturated rings. The normalized spacial score (nSPS) is 10.8. The van der Waals surface area contributed by atoms with Crippen molar-refractivity contribution in [3.05, 3.63) is 65.4 Å². The van der Waals surface area contributed by atoms with Gasteiger partial charge in [0.25, 0.3) is 0 Å². The summed E-state index contributed by atoms with van der Waals surface area (Å²) in [5.41, 5.74) is 1.04. The molecule has 0 N–H and O–H groups in total. The molecule has 0 aliphatic rings. The highest BCUT2D eigenvalue weighted by Gasteiger charge is 2.14. The molecule has 0 amide bonds. The van der Waals surface area contributed by atoms with Crippen LogP contribution >= 0.6 is 23.4 Å². The summed E-state index contributed by atoms with van der Waals surface area (Å²) in [6.45, 7) is 2.50. The zero-order chi connectivity index (χ0) is 16.8. The van der Waals surface area contributed by atoms with E-state index in [1.54, 1.807) is 23.9 Å². The van der Waals surface area contributed by atoms with Gasteiger partial charge in [-0.1, -0.05) is 48.5 Å². The molecule has 24 heavy (non-hydrogen) atoms. The van der Waals surface area contributed by atoms with Crippen LogP contribution in [0.2, 0.25) is 5.02 Å². The van der Waals surface area contributed by atoms with E-state index in [2.05, 4.69) is 21.7 Å². The molecule has 0 unspecified atom stereocenters. The van der Waals surface area contributed by atoms with Crippen LogP contribution < -0.4 is 4.74 Å². The number of nitrogens with zero attached hydrogens (tertiary/aromatic N) is 3. The Labute approximate surface area is 150 Å². The molecular weight excluding hydrogens is 342 g/mol. The van der Waals surface area contributed by atoms with Crippen molar-refractivity contribution >= 4 is 23.4 Å². The van der Waals surface area contributed by atoms with Crippen molar-refractivity contribution in [2.75, 3.05) is 5.75 Å². The molecule has 0 aliphatic carbocycles. The van der Waals surface area contributed by atoms with Crippen LogP contribution in [-0.4, -0.2) is 20.5 Å². The van der Waals surface area contributed by atoms with Crippen LogP contribution in [-0.2, 0) is 6.61 Å². The van der Waals surface area contributed by atoms with Crippen molar-refractivity contribution in [1.82, 2.24) is 14.8 Å². The van der Waals surface area contributed by atoms with E-state index in [0.717, 1.165) is 34.6 Å². The fourth-order valence-electron chi connectivity index (χ4n) is 2.20. The first-order valence-electron chi connectivity index (χ1n) is 7.79. The van der Waals surface area contributed by atoms with Gasteiger partial charge in [-0.2, -0.15) is 0 Å². The predicted molar refractivity (Wildman–Crippen MR) is 98.2 cm³/mol. The SMILES string of the molecule is CCCSc1nnc(COc2ccc(Cl)cc2)n1-c1ccccc1. The second-order valence-corrected chi connectivity index (χ2v) is 6.66. The first-order chi connectivity index (χ1) is 11.8. The highest BCUT2D eigenvalue weighted by atomic mass is 35.5. The first-order valence-corrected chi connectivity index (χ1v) is 9.15. The third-order valence-electron chi connectivity index (χ3n) is 3.33. The van der Waals surface area contributed by atoms with Gasteiger partial charge in [-0.05, 0) is 42.8 Å². The van der Waals surface area contributed by atoms with E-state index in [0.29, 0.717) is 11.6 Å². The van der Waals surface area contributed by atoms with E-state index in [1.165, 1.54) is 0 Å². The Morgan fingerprint density at radius 3 is 2.50 bits per heavy atom. The number of para-hydroxylation sites is 1. The van der Waals surface area contributed by atoms with Gasteiger partial charge in [0.05, 0.1) is 0 Å². The molecule has 124 valence electrons. The lowest BCUT2D eigenvalue weighted by Crippen LogP contribution is -2.06. The third-order valence-corrected chi connectivity index (χ3v) is 4.72. The number of aromatic nitrogens is 3. The van der Waals surface area contributed by atoms with Gasteiger partial charge < -0.3 is 4.74 Å². The Morgan fingerprint density at radius 1 is 1.04 bits per heavy atom. The molecule has 2 aromatic carbocycles. The lowest BCUT2D eigenvalue weighted by atomic mass is 10.3. The Hall–Kier alpha value is -1.98. The molecule has 0 saturated heterocycles. The van der Waals surface area contributed by atoms with Crippen molar-refractivity contribution in [2.24, 2.45) is 0 Å². The fraction of sp³-hybridized carbons (Fsp3) is 0.222. The second kappa shape index (κ2) is 8.22. The fourth-order valence-corrected chi connectivity index (χ4v) is 3.15. The second-order valence-electron chi connectivity index (χ2n) is 5.16. The van der Waals surface area contributed by atoms with Crippen LogP contribution in [0, 0.1) is 0 Å². The topological polar surface area (TPSA) is 39.9 Å². The molecule has 1 heterocycles. The Kier molecular flexibility index (Phi) is 5.77. The number of thioether (sulfide) groups is 1. The van der Waals surface area contributed by atoms with Gasteiger partial charge in [0, 0.05) is 16.5 Å². The van der Waals surface area contributed by atoms with E-state index in [-0.39, 0.29) is 0 Å². The lowest BCUT2D eigenvalue weighted by molar-refractivity contribution is 0.293. The zero-order valence-corrected chi connectivity index (χ0v) is 14.9. The van der Waals surface area contributed by atoms with Gasteiger partial charge in [0.2, 0.25) is 0 Å². The van der Waals surface area contributed by atoms with E-state index >= 15 is 0 Å². The van der Waals surface area contributed by atoms with Gasteiger partial charge in [-0.25, -0.2) is 0 Å². The van der Waals surface area contributed by atoms with E-state index in [9.17, 15) is 0 Å². The van der Waals surface area contributed by atoms with Gasteiger partial charge in [-0.3, -0.25) is 4.57 Å². The average molecular weight is 360 g/mol. The first kappa shape index (κ1) is 16.9. The Bertz CT molecular complexity index is 775. The van der Waals surface area contributed by atoms with Crippen LogP contribution in [0.15, 0.2) is 59.8 Å². The van der Waals surface area contributed by atoms with Crippen molar-refractivity contribution in [2.45, 2.75) is 25.1 Å². The lowest BCUT2D eigenvalue weighted by Gasteiger charge is -2.11. The summed E-state index contributed by atoms with van der Waals surface area (Å²) in [5.74, 6) is 2.53. The van der Waals surface area contributed by atoms with Crippen molar-refractivity contribution in [3.63, 3.8) is 0 Å². The summed E-state index contributed by atoms with van der Waals surface area (Å²) in [4.78, 5) is 0. The Morgan fingerprint density at radius 2 is 1.79 bits per heavy atom. The van der Waals surface area contributed by atoms with Crippen molar-refractivity contribution in [3.8, 4) is 11.4 Å². The maximum Gasteiger partial charge on any atom is 0.195 e. The van der Waals surface area contributed by atoms with E-state index in [4.69, 9.17) is 16.3 Å². The summed E-state index contributed by atoms with van der Waals surface area (Å²) in [7, 11) is 0. The molecule has 3 rings (SSSR count). The van der Waals surface area contributed by atoms with Crippen LogP contribution in [0.1, 0.15) is 19.2 Å². The van der Waals surface area contributed by atoms with Crippen LogP contribution in [0.3, 0.4) is 0 Å². The number of hydrogen-bond acceptors (Lipinski definition) is 4. The molecule has 0 aliphatic heterocycles. The van der Waals surface area contributed by atoms with Crippen LogP contribution in [0.5, 0.6) is 5.75 Å². The van der Waals surface area contributed by atoms with E-state index < -0.39 is 0 Å². The summed E-state index contributed by atoms with van der Waals surface area (Å²) in [6, 6.07) is 17.4. The summed E-state index contributed by atoms with van der Waals surface area (Å²) in [5, 5.41) is 10.2. The summed E-state index contributed by atoms with van der Waals surface area (Å²) in [6.07, 6.45) is 1.09. The average Bonchev–Trinajstić information content (AvgIpc) is 3.03. The number of ether oxygens (including phenoxy) is 1. The quantitative estimate of drug-likeness (QED) is 0.556. The number of benzene rings is 2. The summed E-state index contributed by atoms with van der Waals surface area (Å²) >= 11 is 7.60. The standard InChI is InChI=1S/C18H18ClN3OS/c1-2-12-24-18-21-20-17(22(18)15-6-4-3-5-7-15)13-23-16-10-8-14(19)9-11-16/h3-11H,2,12-13H2,1H3.